The Labute approximate surface area is 129 Å². The summed E-state index contributed by atoms with van der Waals surface area (Å²) >= 11 is 0. The Balaban J connectivity index is 1.83. The number of carbonyl (C=O) groups is 2. The maximum Gasteiger partial charge on any atom is 0.243 e. The van der Waals surface area contributed by atoms with Crippen LogP contribution in [0.15, 0.2) is 48.5 Å². The number of benzene rings is 2. The van der Waals surface area contributed by atoms with Gasteiger partial charge >= 0.3 is 0 Å². The van der Waals surface area contributed by atoms with E-state index in [-0.39, 0.29) is 18.4 Å². The first-order valence-corrected chi connectivity index (χ1v) is 7.01. The van der Waals surface area contributed by atoms with Crippen LogP contribution in [0, 0.1) is 6.92 Å². The predicted octanol–water partition coefficient (Wildman–Crippen LogP) is 3.00. The second kappa shape index (κ2) is 7.26. The van der Waals surface area contributed by atoms with Crippen LogP contribution >= 0.6 is 0 Å². The van der Waals surface area contributed by atoms with Crippen molar-refractivity contribution in [1.29, 1.82) is 0 Å². The fourth-order valence-corrected chi connectivity index (χ4v) is 1.90. The first-order valence-electron chi connectivity index (χ1n) is 7.01. The van der Waals surface area contributed by atoms with E-state index in [1.165, 1.54) is 6.92 Å². The van der Waals surface area contributed by atoms with Crippen LogP contribution in [0.2, 0.25) is 0 Å². The van der Waals surface area contributed by atoms with Crippen LogP contribution in [0.5, 0.6) is 0 Å². The van der Waals surface area contributed by atoms with Gasteiger partial charge in [0.05, 0.1) is 6.54 Å². The van der Waals surface area contributed by atoms with E-state index >= 15 is 0 Å². The number of aryl methyl sites for hydroxylation is 1. The van der Waals surface area contributed by atoms with Gasteiger partial charge in [-0.1, -0.05) is 17.7 Å². The molecule has 0 fully saturated rings. The summed E-state index contributed by atoms with van der Waals surface area (Å²) in [7, 11) is 0. The number of rotatable bonds is 5. The second-order valence-electron chi connectivity index (χ2n) is 5.03. The van der Waals surface area contributed by atoms with Gasteiger partial charge < -0.3 is 16.0 Å². The number of carbonyl (C=O) groups excluding carboxylic acids is 2. The number of amides is 2. The molecular weight excluding hydrogens is 278 g/mol. The minimum atomic E-state index is -0.116. The summed E-state index contributed by atoms with van der Waals surface area (Å²) in [5.74, 6) is -0.229. The smallest absolute Gasteiger partial charge is 0.243 e. The lowest BCUT2D eigenvalue weighted by molar-refractivity contribution is -0.115. The molecule has 0 atom stereocenters. The molecule has 0 aliphatic carbocycles. The molecule has 3 N–H and O–H groups in total. The Morgan fingerprint density at radius 3 is 1.91 bits per heavy atom. The molecule has 0 aliphatic heterocycles. The molecule has 22 heavy (non-hydrogen) atoms. The molecule has 0 bridgehead atoms. The quantitative estimate of drug-likeness (QED) is 0.794. The molecule has 5 heteroatoms. The fraction of sp³-hybridized carbons (Fsp3) is 0.176. The number of hydrogen-bond acceptors (Lipinski definition) is 3. The van der Waals surface area contributed by atoms with Crippen LogP contribution in [0.25, 0.3) is 0 Å². The molecule has 0 spiro atoms. The van der Waals surface area contributed by atoms with Gasteiger partial charge in [0.15, 0.2) is 0 Å². The van der Waals surface area contributed by atoms with E-state index in [0.717, 1.165) is 22.6 Å². The summed E-state index contributed by atoms with van der Waals surface area (Å²) in [6, 6.07) is 14.8. The molecule has 2 aromatic carbocycles. The molecule has 5 nitrogen and oxygen atoms in total. The zero-order valence-corrected chi connectivity index (χ0v) is 12.6. The van der Waals surface area contributed by atoms with Gasteiger partial charge in [-0.15, -0.1) is 0 Å². The Kier molecular flexibility index (Phi) is 5.14. The predicted molar refractivity (Wildman–Crippen MR) is 89.0 cm³/mol. The molecule has 0 radical (unpaired) electrons. The number of anilines is 3. The zero-order chi connectivity index (χ0) is 15.9. The highest BCUT2D eigenvalue weighted by Gasteiger charge is 2.02. The summed E-state index contributed by atoms with van der Waals surface area (Å²) in [4.78, 5) is 22.8. The summed E-state index contributed by atoms with van der Waals surface area (Å²) < 4.78 is 0. The zero-order valence-electron chi connectivity index (χ0n) is 12.6. The normalized spacial score (nSPS) is 9.91. The third-order valence-corrected chi connectivity index (χ3v) is 2.99. The van der Waals surface area contributed by atoms with Crippen molar-refractivity contribution in [1.82, 2.24) is 0 Å². The molecule has 114 valence electrons. The van der Waals surface area contributed by atoms with E-state index in [0.29, 0.717) is 0 Å². The minimum absolute atomic E-state index is 0.113. The van der Waals surface area contributed by atoms with E-state index in [2.05, 4.69) is 16.0 Å². The van der Waals surface area contributed by atoms with Gasteiger partial charge in [-0.05, 0) is 43.3 Å². The highest BCUT2D eigenvalue weighted by atomic mass is 16.2. The molecule has 0 saturated carbocycles. The molecule has 2 rings (SSSR count). The van der Waals surface area contributed by atoms with Gasteiger partial charge in [0.1, 0.15) is 0 Å². The van der Waals surface area contributed by atoms with Crippen LogP contribution in [-0.2, 0) is 9.59 Å². The molecule has 0 aromatic heterocycles. The van der Waals surface area contributed by atoms with Crippen molar-refractivity contribution >= 4 is 28.9 Å². The topological polar surface area (TPSA) is 70.2 Å². The van der Waals surface area contributed by atoms with Crippen LogP contribution in [0.3, 0.4) is 0 Å². The average Bonchev–Trinajstić information content (AvgIpc) is 2.48. The fourth-order valence-electron chi connectivity index (χ4n) is 1.90. The molecule has 0 heterocycles. The van der Waals surface area contributed by atoms with E-state index in [1.807, 2.05) is 43.3 Å². The Hall–Kier alpha value is -2.82. The maximum atomic E-state index is 11.9. The van der Waals surface area contributed by atoms with Crippen LogP contribution in [0.4, 0.5) is 17.1 Å². The van der Waals surface area contributed by atoms with Gasteiger partial charge in [-0.2, -0.15) is 0 Å². The van der Waals surface area contributed by atoms with Crippen molar-refractivity contribution < 1.29 is 9.59 Å². The van der Waals surface area contributed by atoms with Crippen molar-refractivity contribution in [2.75, 3.05) is 22.5 Å². The second-order valence-corrected chi connectivity index (χ2v) is 5.03. The Morgan fingerprint density at radius 1 is 0.818 bits per heavy atom. The molecule has 2 amide bonds. The molecular formula is C17H19N3O2. The van der Waals surface area contributed by atoms with Gasteiger partial charge in [-0.25, -0.2) is 0 Å². The van der Waals surface area contributed by atoms with Gasteiger partial charge in [-0.3, -0.25) is 9.59 Å². The third kappa shape index (κ3) is 4.94. The standard InChI is InChI=1S/C17H19N3O2/c1-12-3-5-16(6-4-12)20-17(22)11-18-14-7-9-15(10-8-14)19-13(2)21/h3-10,18H,11H2,1-2H3,(H,19,21)(H,20,22). The monoisotopic (exact) mass is 297 g/mol. The Morgan fingerprint density at radius 2 is 1.32 bits per heavy atom. The van der Waals surface area contributed by atoms with Gasteiger partial charge in [0, 0.05) is 24.0 Å². The first-order chi connectivity index (χ1) is 10.5. The summed E-state index contributed by atoms with van der Waals surface area (Å²) in [6.07, 6.45) is 0. The van der Waals surface area contributed by atoms with Crippen LogP contribution < -0.4 is 16.0 Å². The molecule has 0 aliphatic rings. The Bertz CT molecular complexity index is 649. The average molecular weight is 297 g/mol. The number of nitrogens with one attached hydrogen (secondary N) is 3. The van der Waals surface area contributed by atoms with E-state index in [9.17, 15) is 9.59 Å². The highest BCUT2D eigenvalue weighted by molar-refractivity contribution is 5.94. The van der Waals surface area contributed by atoms with E-state index < -0.39 is 0 Å². The van der Waals surface area contributed by atoms with E-state index in [4.69, 9.17) is 0 Å². The lowest BCUT2D eigenvalue weighted by Crippen LogP contribution is -2.21. The lowest BCUT2D eigenvalue weighted by Gasteiger charge is -2.09. The minimum Gasteiger partial charge on any atom is -0.376 e. The maximum absolute atomic E-state index is 11.9. The van der Waals surface area contributed by atoms with Crippen molar-refractivity contribution in [3.05, 3.63) is 54.1 Å². The first kappa shape index (κ1) is 15.6. The van der Waals surface area contributed by atoms with Crippen LogP contribution in [0.1, 0.15) is 12.5 Å². The van der Waals surface area contributed by atoms with Crippen molar-refractivity contribution in [2.45, 2.75) is 13.8 Å². The lowest BCUT2D eigenvalue weighted by atomic mass is 10.2. The largest absolute Gasteiger partial charge is 0.376 e. The number of hydrogen-bond donors (Lipinski definition) is 3. The summed E-state index contributed by atoms with van der Waals surface area (Å²) in [5, 5.41) is 8.54. The highest BCUT2D eigenvalue weighted by Crippen LogP contribution is 2.13. The van der Waals surface area contributed by atoms with Crippen molar-refractivity contribution in [3.8, 4) is 0 Å². The SMILES string of the molecule is CC(=O)Nc1ccc(NCC(=O)Nc2ccc(C)cc2)cc1. The van der Waals surface area contributed by atoms with Crippen LogP contribution in [-0.4, -0.2) is 18.4 Å². The van der Waals surface area contributed by atoms with Crippen molar-refractivity contribution in [3.63, 3.8) is 0 Å². The summed E-state index contributed by atoms with van der Waals surface area (Å²) in [6.45, 7) is 3.63. The molecule has 0 unspecified atom stereocenters. The molecule has 0 saturated heterocycles. The van der Waals surface area contributed by atoms with E-state index in [1.54, 1.807) is 12.1 Å². The summed E-state index contributed by atoms with van der Waals surface area (Å²) in [5.41, 5.74) is 3.46. The van der Waals surface area contributed by atoms with Gasteiger partial charge in [0.25, 0.3) is 0 Å². The van der Waals surface area contributed by atoms with Crippen molar-refractivity contribution in [2.24, 2.45) is 0 Å². The van der Waals surface area contributed by atoms with Gasteiger partial charge in [0.2, 0.25) is 11.8 Å². The third-order valence-electron chi connectivity index (χ3n) is 2.99. The molecule has 2 aromatic rings.